The van der Waals surface area contributed by atoms with Gasteiger partial charge in [0.2, 0.25) is 0 Å². The number of anilines is 1. The van der Waals surface area contributed by atoms with E-state index in [4.69, 9.17) is 10.5 Å². The average molecular weight is 423 g/mol. The molecule has 0 radical (unpaired) electrons. The summed E-state index contributed by atoms with van der Waals surface area (Å²) in [5.41, 5.74) is 8.83. The molecular weight excluding hydrogens is 398 g/mol. The number of benzene rings is 1. The molecule has 0 unspecified atom stereocenters. The van der Waals surface area contributed by atoms with Crippen molar-refractivity contribution >= 4 is 16.9 Å². The van der Waals surface area contributed by atoms with Crippen LogP contribution in [0.2, 0.25) is 0 Å². The third kappa shape index (κ3) is 3.34. The first-order chi connectivity index (χ1) is 14.7. The minimum atomic E-state index is -1.34. The molecule has 162 valence electrons. The summed E-state index contributed by atoms with van der Waals surface area (Å²) < 4.78 is 7.33. The first-order valence-corrected chi connectivity index (χ1v) is 9.96. The van der Waals surface area contributed by atoms with Gasteiger partial charge in [-0.2, -0.15) is 5.26 Å². The highest BCUT2D eigenvalue weighted by molar-refractivity contribution is 5.98. The van der Waals surface area contributed by atoms with E-state index < -0.39 is 31.1 Å². The lowest BCUT2D eigenvalue weighted by Crippen LogP contribution is -2.33. The number of hydrogen-bond acceptors (Lipinski definition) is 8. The molecule has 3 heterocycles. The number of rotatable bonds is 3. The van der Waals surface area contributed by atoms with Crippen LogP contribution in [0.25, 0.3) is 22.3 Å². The van der Waals surface area contributed by atoms with Crippen molar-refractivity contribution in [1.82, 2.24) is 14.5 Å². The van der Waals surface area contributed by atoms with Crippen molar-refractivity contribution in [3.63, 3.8) is 0 Å². The summed E-state index contributed by atoms with van der Waals surface area (Å²) in [5, 5.41) is 40.8. The van der Waals surface area contributed by atoms with E-state index in [0.717, 1.165) is 5.56 Å². The Balaban J connectivity index is 2.00. The van der Waals surface area contributed by atoms with Gasteiger partial charge in [-0.15, -0.1) is 0 Å². The van der Waals surface area contributed by atoms with Crippen molar-refractivity contribution in [2.24, 2.45) is 0 Å². The standard InChI is InChI=1S/C22H25N5O4/c1-22(2,3)12-6-4-11(5-7-12)16-13(8-23)15-19(24)25-10-26-20(15)27(16)21-18(30)17(29)14(9-28)31-21/h4-7,10,14,17-18,21,28-30H,9H2,1-3H3,(H2,24,25,26)/t14-,17+,18-,21-/m0/s1. The lowest BCUT2D eigenvalue weighted by molar-refractivity contribution is -0.0501. The first-order valence-electron chi connectivity index (χ1n) is 9.96. The summed E-state index contributed by atoms with van der Waals surface area (Å²) in [4.78, 5) is 8.31. The Bertz CT molecular complexity index is 1160. The monoisotopic (exact) mass is 423 g/mol. The molecule has 3 aromatic rings. The smallest absolute Gasteiger partial charge is 0.165 e. The van der Waals surface area contributed by atoms with Crippen LogP contribution < -0.4 is 5.73 Å². The van der Waals surface area contributed by atoms with Gasteiger partial charge in [0.05, 0.1) is 23.3 Å². The average Bonchev–Trinajstić information content (AvgIpc) is 3.22. The number of ether oxygens (including phenoxy) is 1. The number of hydrogen-bond donors (Lipinski definition) is 4. The van der Waals surface area contributed by atoms with Crippen LogP contribution in [0.15, 0.2) is 30.6 Å². The Hall–Kier alpha value is -3.03. The fourth-order valence-electron chi connectivity index (χ4n) is 4.02. The second-order valence-electron chi connectivity index (χ2n) is 8.72. The highest BCUT2D eigenvalue weighted by atomic mass is 16.6. The van der Waals surface area contributed by atoms with Crippen LogP contribution in [0.1, 0.15) is 38.1 Å². The molecule has 0 bridgehead atoms. The van der Waals surface area contributed by atoms with E-state index in [1.54, 1.807) is 4.57 Å². The molecule has 9 heteroatoms. The normalized spacial score (nSPS) is 23.9. The highest BCUT2D eigenvalue weighted by Gasteiger charge is 2.45. The van der Waals surface area contributed by atoms with Crippen molar-refractivity contribution in [2.45, 2.75) is 50.7 Å². The van der Waals surface area contributed by atoms with Crippen molar-refractivity contribution in [3.8, 4) is 17.3 Å². The Morgan fingerprint density at radius 2 is 1.84 bits per heavy atom. The van der Waals surface area contributed by atoms with Crippen LogP contribution in [-0.4, -0.2) is 54.8 Å². The topological polar surface area (TPSA) is 150 Å². The van der Waals surface area contributed by atoms with Crippen LogP contribution in [-0.2, 0) is 10.2 Å². The molecule has 0 saturated carbocycles. The molecule has 1 saturated heterocycles. The summed E-state index contributed by atoms with van der Waals surface area (Å²) in [5.74, 6) is 0.125. The molecule has 31 heavy (non-hydrogen) atoms. The highest BCUT2D eigenvalue weighted by Crippen LogP contribution is 2.41. The van der Waals surface area contributed by atoms with Gasteiger partial charge < -0.3 is 25.8 Å². The zero-order valence-corrected chi connectivity index (χ0v) is 17.5. The predicted molar refractivity (Wildman–Crippen MR) is 114 cm³/mol. The minimum absolute atomic E-state index is 0.0532. The molecule has 0 amide bonds. The zero-order valence-electron chi connectivity index (χ0n) is 17.5. The van der Waals surface area contributed by atoms with Crippen LogP contribution in [0.3, 0.4) is 0 Å². The molecule has 4 atom stereocenters. The third-order valence-corrected chi connectivity index (χ3v) is 5.72. The Kier molecular flexibility index (Phi) is 5.19. The zero-order chi connectivity index (χ0) is 22.5. The maximum absolute atomic E-state index is 10.7. The molecule has 1 aliphatic rings. The summed E-state index contributed by atoms with van der Waals surface area (Å²) >= 11 is 0. The van der Waals surface area contributed by atoms with E-state index in [1.807, 2.05) is 24.3 Å². The first kappa shape index (κ1) is 21.2. The number of nitrogens with zero attached hydrogens (tertiary/aromatic N) is 4. The van der Waals surface area contributed by atoms with E-state index in [2.05, 4.69) is 36.8 Å². The molecule has 2 aromatic heterocycles. The van der Waals surface area contributed by atoms with E-state index >= 15 is 0 Å². The largest absolute Gasteiger partial charge is 0.394 e. The Morgan fingerprint density at radius 3 is 2.39 bits per heavy atom. The van der Waals surface area contributed by atoms with Crippen LogP contribution >= 0.6 is 0 Å². The summed E-state index contributed by atoms with van der Waals surface area (Å²) in [7, 11) is 0. The summed E-state index contributed by atoms with van der Waals surface area (Å²) in [6.45, 7) is 5.85. The van der Waals surface area contributed by atoms with Crippen LogP contribution in [0.5, 0.6) is 0 Å². The van der Waals surface area contributed by atoms with Gasteiger partial charge in [-0.25, -0.2) is 9.97 Å². The van der Waals surface area contributed by atoms with Crippen molar-refractivity contribution in [3.05, 3.63) is 41.7 Å². The Labute approximate surface area is 179 Å². The third-order valence-electron chi connectivity index (χ3n) is 5.72. The van der Waals surface area contributed by atoms with Gasteiger partial charge >= 0.3 is 0 Å². The van der Waals surface area contributed by atoms with E-state index in [0.29, 0.717) is 22.3 Å². The van der Waals surface area contributed by atoms with E-state index in [-0.39, 0.29) is 16.8 Å². The number of fused-ring (bicyclic) bond motifs is 1. The maximum atomic E-state index is 10.7. The van der Waals surface area contributed by atoms with Gasteiger partial charge in [-0.1, -0.05) is 45.0 Å². The number of nitriles is 1. The van der Waals surface area contributed by atoms with Gasteiger partial charge in [0.25, 0.3) is 0 Å². The SMILES string of the molecule is CC(C)(C)c1ccc(-c2c(C#N)c3c(N)ncnc3n2[C@H]2O[C@@H](CO)[C@@H](O)[C@@H]2O)cc1. The molecule has 9 nitrogen and oxygen atoms in total. The van der Waals surface area contributed by atoms with E-state index in [9.17, 15) is 20.6 Å². The molecule has 5 N–H and O–H groups in total. The number of nitrogen functional groups attached to an aromatic ring is 1. The van der Waals surface area contributed by atoms with Gasteiger partial charge in [0, 0.05) is 0 Å². The summed E-state index contributed by atoms with van der Waals surface area (Å²) in [6, 6.07) is 9.91. The number of aliphatic hydroxyl groups is 3. The number of aromatic nitrogens is 3. The minimum Gasteiger partial charge on any atom is -0.394 e. The molecule has 0 aliphatic carbocycles. The fraction of sp³-hybridized carbons (Fsp3) is 0.409. The lowest BCUT2D eigenvalue weighted by Gasteiger charge is -2.22. The molecule has 0 spiro atoms. The van der Waals surface area contributed by atoms with Crippen molar-refractivity contribution in [2.75, 3.05) is 12.3 Å². The van der Waals surface area contributed by atoms with Crippen molar-refractivity contribution in [1.29, 1.82) is 5.26 Å². The molecular formula is C22H25N5O4. The van der Waals surface area contributed by atoms with Gasteiger partial charge in [0.15, 0.2) is 6.23 Å². The predicted octanol–water partition coefficient (Wildman–Crippen LogP) is 1.46. The molecule has 1 aromatic carbocycles. The van der Waals surface area contributed by atoms with E-state index in [1.165, 1.54) is 6.33 Å². The quantitative estimate of drug-likeness (QED) is 0.494. The second kappa shape index (κ2) is 7.59. The lowest BCUT2D eigenvalue weighted by atomic mass is 9.86. The fourth-order valence-corrected chi connectivity index (χ4v) is 4.02. The molecule has 1 aliphatic heterocycles. The van der Waals surface area contributed by atoms with Crippen LogP contribution in [0, 0.1) is 11.3 Å². The summed E-state index contributed by atoms with van der Waals surface area (Å²) in [6.07, 6.45) is -3.43. The maximum Gasteiger partial charge on any atom is 0.165 e. The van der Waals surface area contributed by atoms with Crippen molar-refractivity contribution < 1.29 is 20.1 Å². The molecule has 1 fully saturated rings. The second-order valence-corrected chi connectivity index (χ2v) is 8.72. The molecule has 4 rings (SSSR count). The van der Waals surface area contributed by atoms with Gasteiger partial charge in [-0.3, -0.25) is 4.57 Å². The number of nitrogens with two attached hydrogens (primary N) is 1. The van der Waals surface area contributed by atoms with Crippen LogP contribution in [0.4, 0.5) is 5.82 Å². The van der Waals surface area contributed by atoms with Gasteiger partial charge in [-0.05, 0) is 16.5 Å². The number of aliphatic hydroxyl groups excluding tert-OH is 3. The van der Waals surface area contributed by atoms with Gasteiger partial charge in [0.1, 0.15) is 42.2 Å². The Morgan fingerprint density at radius 1 is 1.16 bits per heavy atom.